The van der Waals surface area contributed by atoms with Crippen LogP contribution < -0.4 is 14.8 Å². The molecule has 1 N–H and O–H groups in total. The van der Waals surface area contributed by atoms with E-state index in [2.05, 4.69) is 5.32 Å². The smallest absolute Gasteiger partial charge is 0.237 e. The minimum absolute atomic E-state index is 0.0375. The van der Waals surface area contributed by atoms with Gasteiger partial charge in [0.15, 0.2) is 11.5 Å². The standard InChI is InChI=1S/C15H24N2O3/c1-6-16-15(18)11(2)17(3)10-12-7-8-13(19-4)14(9-12)20-5/h7-9,11H,6,10H2,1-5H3,(H,16,18)/t11-/m0/s1. The van der Waals surface area contributed by atoms with Gasteiger partial charge in [-0.05, 0) is 38.6 Å². The largest absolute Gasteiger partial charge is 0.493 e. The summed E-state index contributed by atoms with van der Waals surface area (Å²) in [6.45, 7) is 5.12. The van der Waals surface area contributed by atoms with E-state index >= 15 is 0 Å². The van der Waals surface area contributed by atoms with E-state index in [9.17, 15) is 4.79 Å². The number of amides is 1. The third-order valence-corrected chi connectivity index (χ3v) is 3.27. The quantitative estimate of drug-likeness (QED) is 0.825. The fraction of sp³-hybridized carbons (Fsp3) is 0.533. The van der Waals surface area contributed by atoms with Crippen LogP contribution in [0.4, 0.5) is 0 Å². The van der Waals surface area contributed by atoms with Crippen molar-refractivity contribution in [2.24, 2.45) is 0 Å². The molecule has 0 radical (unpaired) electrons. The van der Waals surface area contributed by atoms with Crippen molar-refractivity contribution in [1.82, 2.24) is 10.2 Å². The summed E-state index contributed by atoms with van der Waals surface area (Å²) in [5, 5.41) is 2.83. The zero-order valence-electron chi connectivity index (χ0n) is 12.9. The van der Waals surface area contributed by atoms with Crippen LogP contribution in [0.2, 0.25) is 0 Å². The lowest BCUT2D eigenvalue weighted by molar-refractivity contribution is -0.125. The Bertz CT molecular complexity index is 449. The fourth-order valence-corrected chi connectivity index (χ4v) is 1.93. The van der Waals surface area contributed by atoms with E-state index in [0.717, 1.165) is 5.56 Å². The lowest BCUT2D eigenvalue weighted by Crippen LogP contribution is -2.42. The molecule has 0 aliphatic carbocycles. The maximum atomic E-state index is 11.8. The number of likely N-dealkylation sites (N-methyl/N-ethyl adjacent to an activating group) is 2. The first-order valence-electron chi connectivity index (χ1n) is 6.72. The molecule has 0 aromatic heterocycles. The molecule has 0 aliphatic heterocycles. The Morgan fingerprint density at radius 1 is 1.30 bits per heavy atom. The summed E-state index contributed by atoms with van der Waals surface area (Å²) in [5.74, 6) is 1.44. The number of nitrogens with one attached hydrogen (secondary N) is 1. The Balaban J connectivity index is 2.75. The fourth-order valence-electron chi connectivity index (χ4n) is 1.93. The highest BCUT2D eigenvalue weighted by Crippen LogP contribution is 2.28. The minimum Gasteiger partial charge on any atom is -0.493 e. The molecule has 0 aliphatic rings. The van der Waals surface area contributed by atoms with Gasteiger partial charge in [0, 0.05) is 13.1 Å². The summed E-state index contributed by atoms with van der Waals surface area (Å²) in [7, 11) is 5.15. The molecule has 1 amide bonds. The first kappa shape index (κ1) is 16.3. The molecule has 1 atom stereocenters. The number of methoxy groups -OCH3 is 2. The topological polar surface area (TPSA) is 50.8 Å². The van der Waals surface area contributed by atoms with E-state index in [0.29, 0.717) is 24.6 Å². The van der Waals surface area contributed by atoms with Gasteiger partial charge in [-0.25, -0.2) is 0 Å². The predicted octanol–water partition coefficient (Wildman–Crippen LogP) is 1.66. The molecule has 0 bridgehead atoms. The van der Waals surface area contributed by atoms with Crippen LogP contribution in [0.5, 0.6) is 11.5 Å². The Labute approximate surface area is 120 Å². The summed E-state index contributed by atoms with van der Waals surface area (Å²) < 4.78 is 10.5. The van der Waals surface area contributed by atoms with Gasteiger partial charge in [0.25, 0.3) is 0 Å². The second-order valence-electron chi connectivity index (χ2n) is 4.68. The third kappa shape index (κ3) is 4.13. The summed E-state index contributed by atoms with van der Waals surface area (Å²) in [6, 6.07) is 5.60. The van der Waals surface area contributed by atoms with Gasteiger partial charge >= 0.3 is 0 Å². The normalized spacial score (nSPS) is 12.1. The monoisotopic (exact) mass is 280 g/mol. The summed E-state index contributed by atoms with van der Waals surface area (Å²) in [5.41, 5.74) is 1.07. The highest BCUT2D eigenvalue weighted by Gasteiger charge is 2.17. The first-order valence-corrected chi connectivity index (χ1v) is 6.72. The second-order valence-corrected chi connectivity index (χ2v) is 4.68. The lowest BCUT2D eigenvalue weighted by atomic mass is 10.1. The highest BCUT2D eigenvalue weighted by atomic mass is 16.5. The van der Waals surface area contributed by atoms with Crippen molar-refractivity contribution in [2.75, 3.05) is 27.8 Å². The Kier molecular flexibility index (Phi) is 6.31. The number of carbonyl (C=O) groups is 1. The number of rotatable bonds is 7. The average molecular weight is 280 g/mol. The van der Waals surface area contributed by atoms with Gasteiger partial charge in [-0.3, -0.25) is 9.69 Å². The van der Waals surface area contributed by atoms with Crippen molar-refractivity contribution in [3.8, 4) is 11.5 Å². The van der Waals surface area contributed by atoms with Crippen LogP contribution in [-0.2, 0) is 11.3 Å². The minimum atomic E-state index is -0.178. The average Bonchev–Trinajstić information content (AvgIpc) is 2.46. The van der Waals surface area contributed by atoms with E-state index in [1.807, 2.05) is 44.0 Å². The Morgan fingerprint density at radius 3 is 2.50 bits per heavy atom. The van der Waals surface area contributed by atoms with Crippen molar-refractivity contribution in [1.29, 1.82) is 0 Å². The maximum Gasteiger partial charge on any atom is 0.237 e. The molecule has 1 aromatic rings. The molecule has 0 unspecified atom stereocenters. The van der Waals surface area contributed by atoms with Crippen molar-refractivity contribution < 1.29 is 14.3 Å². The third-order valence-electron chi connectivity index (χ3n) is 3.27. The maximum absolute atomic E-state index is 11.8. The number of nitrogens with zero attached hydrogens (tertiary/aromatic N) is 1. The predicted molar refractivity (Wildman–Crippen MR) is 79.2 cm³/mol. The molecule has 0 saturated carbocycles. The van der Waals surface area contributed by atoms with Crippen LogP contribution in [0.1, 0.15) is 19.4 Å². The molecule has 1 aromatic carbocycles. The van der Waals surface area contributed by atoms with Crippen molar-refractivity contribution in [3.63, 3.8) is 0 Å². The Hall–Kier alpha value is -1.75. The van der Waals surface area contributed by atoms with E-state index in [1.165, 1.54) is 0 Å². The van der Waals surface area contributed by atoms with Gasteiger partial charge in [-0.2, -0.15) is 0 Å². The van der Waals surface area contributed by atoms with Crippen LogP contribution in [0.3, 0.4) is 0 Å². The Morgan fingerprint density at radius 2 is 1.95 bits per heavy atom. The number of hydrogen-bond acceptors (Lipinski definition) is 4. The number of benzene rings is 1. The van der Waals surface area contributed by atoms with Crippen molar-refractivity contribution >= 4 is 5.91 Å². The number of carbonyl (C=O) groups excluding carboxylic acids is 1. The van der Waals surface area contributed by atoms with Gasteiger partial charge in [-0.1, -0.05) is 6.07 Å². The molecule has 112 valence electrons. The summed E-state index contributed by atoms with van der Waals surface area (Å²) >= 11 is 0. The summed E-state index contributed by atoms with van der Waals surface area (Å²) in [4.78, 5) is 13.8. The molecule has 0 spiro atoms. The van der Waals surface area contributed by atoms with Crippen molar-refractivity contribution in [2.45, 2.75) is 26.4 Å². The van der Waals surface area contributed by atoms with Crippen molar-refractivity contribution in [3.05, 3.63) is 23.8 Å². The van der Waals surface area contributed by atoms with Gasteiger partial charge in [0.2, 0.25) is 5.91 Å². The van der Waals surface area contributed by atoms with E-state index in [-0.39, 0.29) is 11.9 Å². The number of ether oxygens (including phenoxy) is 2. The van der Waals surface area contributed by atoms with E-state index in [1.54, 1.807) is 14.2 Å². The van der Waals surface area contributed by atoms with Crippen LogP contribution in [0.25, 0.3) is 0 Å². The molecule has 5 heteroatoms. The van der Waals surface area contributed by atoms with Crippen LogP contribution in [0.15, 0.2) is 18.2 Å². The SMILES string of the molecule is CCNC(=O)[C@H](C)N(C)Cc1ccc(OC)c(OC)c1. The zero-order valence-corrected chi connectivity index (χ0v) is 12.9. The van der Waals surface area contributed by atoms with E-state index in [4.69, 9.17) is 9.47 Å². The van der Waals surface area contributed by atoms with Gasteiger partial charge in [0.1, 0.15) is 0 Å². The lowest BCUT2D eigenvalue weighted by Gasteiger charge is -2.24. The van der Waals surface area contributed by atoms with Crippen LogP contribution in [0, 0.1) is 0 Å². The van der Waals surface area contributed by atoms with Gasteiger partial charge in [0.05, 0.1) is 20.3 Å². The molecular weight excluding hydrogens is 256 g/mol. The highest BCUT2D eigenvalue weighted by molar-refractivity contribution is 5.81. The molecule has 0 saturated heterocycles. The van der Waals surface area contributed by atoms with Crippen LogP contribution in [-0.4, -0.2) is 44.7 Å². The molecule has 1 rings (SSSR count). The molecule has 5 nitrogen and oxygen atoms in total. The second kappa shape index (κ2) is 7.75. The van der Waals surface area contributed by atoms with Gasteiger partial charge < -0.3 is 14.8 Å². The molecule has 0 fully saturated rings. The van der Waals surface area contributed by atoms with Crippen LogP contribution >= 0.6 is 0 Å². The molecule has 20 heavy (non-hydrogen) atoms. The van der Waals surface area contributed by atoms with Gasteiger partial charge in [-0.15, -0.1) is 0 Å². The summed E-state index contributed by atoms with van der Waals surface area (Å²) in [6.07, 6.45) is 0. The zero-order chi connectivity index (χ0) is 15.1. The molecule has 0 heterocycles. The molecular formula is C15H24N2O3. The number of hydrogen-bond donors (Lipinski definition) is 1. The van der Waals surface area contributed by atoms with E-state index < -0.39 is 0 Å². The first-order chi connectivity index (χ1) is 9.53.